The Balaban J connectivity index is 1.40. The molecule has 33 heavy (non-hydrogen) atoms. The third kappa shape index (κ3) is 6.04. The van der Waals surface area contributed by atoms with Crippen molar-refractivity contribution in [1.29, 1.82) is 0 Å². The van der Waals surface area contributed by atoms with Gasteiger partial charge in [-0.05, 0) is 41.8 Å². The molecule has 0 aliphatic carbocycles. The highest BCUT2D eigenvalue weighted by Gasteiger charge is 2.13. The van der Waals surface area contributed by atoms with Gasteiger partial charge in [0.05, 0.1) is 11.9 Å². The van der Waals surface area contributed by atoms with Crippen molar-refractivity contribution in [3.63, 3.8) is 0 Å². The van der Waals surface area contributed by atoms with Gasteiger partial charge in [-0.25, -0.2) is 5.43 Å². The summed E-state index contributed by atoms with van der Waals surface area (Å²) >= 11 is 0. The van der Waals surface area contributed by atoms with Crippen molar-refractivity contribution < 1.29 is 9.53 Å². The second-order valence-corrected chi connectivity index (χ2v) is 7.44. The summed E-state index contributed by atoms with van der Waals surface area (Å²) in [4.78, 5) is 12.5. The first-order valence-electron chi connectivity index (χ1n) is 10.6. The van der Waals surface area contributed by atoms with Crippen molar-refractivity contribution in [2.75, 3.05) is 0 Å². The topological polar surface area (TPSA) is 79.4 Å². The molecule has 2 N–H and O–H groups in total. The fourth-order valence-electron chi connectivity index (χ4n) is 3.22. The number of carbonyl (C=O) groups excluding carboxylic acids is 1. The lowest BCUT2D eigenvalue weighted by molar-refractivity contribution is 0.0950. The summed E-state index contributed by atoms with van der Waals surface area (Å²) in [7, 11) is 0. The van der Waals surface area contributed by atoms with E-state index in [1.807, 2.05) is 97.9 Å². The first-order valence-corrected chi connectivity index (χ1v) is 10.6. The highest BCUT2D eigenvalue weighted by molar-refractivity contribution is 5.94. The number of hydrogen-bond acceptors (Lipinski definition) is 4. The molecule has 0 unspecified atom stereocenters. The van der Waals surface area contributed by atoms with Crippen LogP contribution < -0.4 is 10.2 Å². The Morgan fingerprint density at radius 2 is 1.70 bits per heavy atom. The van der Waals surface area contributed by atoms with Crippen LogP contribution in [0.4, 0.5) is 0 Å². The standard InChI is InChI=1S/C27H24N4O2/c1-20(16-21-10-4-2-5-11-21)18-28-31-27(32)25-17-24(29-30-25)23-14-8-9-15-26(23)33-19-22-12-6-3-7-13-22/h2-18H,19H2,1H3,(H,29,30)(H,31,32). The first-order chi connectivity index (χ1) is 16.2. The molecule has 1 heterocycles. The Hall–Kier alpha value is -4.45. The van der Waals surface area contributed by atoms with Gasteiger partial charge in [-0.15, -0.1) is 0 Å². The van der Waals surface area contributed by atoms with Gasteiger partial charge in [0, 0.05) is 5.56 Å². The van der Waals surface area contributed by atoms with E-state index in [0.717, 1.165) is 22.3 Å². The van der Waals surface area contributed by atoms with Crippen LogP contribution in [0.25, 0.3) is 17.3 Å². The molecule has 0 aliphatic heterocycles. The van der Waals surface area contributed by atoms with Gasteiger partial charge in [0.15, 0.2) is 0 Å². The zero-order chi connectivity index (χ0) is 22.9. The number of ether oxygens (including phenoxy) is 1. The maximum absolute atomic E-state index is 12.5. The fraction of sp³-hybridized carbons (Fsp3) is 0.0741. The summed E-state index contributed by atoms with van der Waals surface area (Å²) in [6.45, 7) is 2.36. The lowest BCUT2D eigenvalue weighted by Crippen LogP contribution is -2.17. The van der Waals surface area contributed by atoms with Crippen molar-refractivity contribution >= 4 is 18.2 Å². The van der Waals surface area contributed by atoms with E-state index in [2.05, 4.69) is 20.7 Å². The number of nitrogens with one attached hydrogen (secondary N) is 2. The fourth-order valence-corrected chi connectivity index (χ4v) is 3.22. The molecule has 1 aromatic heterocycles. The first kappa shape index (κ1) is 21.8. The summed E-state index contributed by atoms with van der Waals surface area (Å²) in [6.07, 6.45) is 3.59. The number of carbonyl (C=O) groups is 1. The second-order valence-electron chi connectivity index (χ2n) is 7.44. The predicted molar refractivity (Wildman–Crippen MR) is 131 cm³/mol. The molecule has 0 spiro atoms. The third-order valence-corrected chi connectivity index (χ3v) is 4.85. The maximum Gasteiger partial charge on any atom is 0.289 e. The molecule has 0 bridgehead atoms. The number of aromatic nitrogens is 2. The normalized spacial score (nSPS) is 11.5. The Labute approximate surface area is 192 Å². The van der Waals surface area contributed by atoms with Crippen LogP contribution >= 0.6 is 0 Å². The third-order valence-electron chi connectivity index (χ3n) is 4.85. The number of hydrogen-bond donors (Lipinski definition) is 2. The molecule has 0 aliphatic rings. The molecule has 1 amide bonds. The van der Waals surface area contributed by atoms with Crippen molar-refractivity contribution in [2.24, 2.45) is 5.10 Å². The number of para-hydroxylation sites is 1. The summed E-state index contributed by atoms with van der Waals surface area (Å²) in [5.74, 6) is 0.319. The number of allylic oxidation sites excluding steroid dienone is 1. The van der Waals surface area contributed by atoms with Gasteiger partial charge in [0.25, 0.3) is 5.91 Å². The van der Waals surface area contributed by atoms with Gasteiger partial charge in [-0.1, -0.05) is 78.9 Å². The van der Waals surface area contributed by atoms with E-state index < -0.39 is 0 Å². The number of benzene rings is 3. The Morgan fingerprint density at radius 3 is 2.48 bits per heavy atom. The average Bonchev–Trinajstić information content (AvgIpc) is 3.34. The molecule has 0 atom stereocenters. The summed E-state index contributed by atoms with van der Waals surface area (Å²) in [6, 6.07) is 29.2. The molecule has 0 saturated heterocycles. The number of nitrogens with zero attached hydrogens (tertiary/aromatic N) is 2. The van der Waals surface area contributed by atoms with Crippen LogP contribution in [-0.4, -0.2) is 22.3 Å². The van der Waals surface area contributed by atoms with Crippen LogP contribution in [0.2, 0.25) is 0 Å². The van der Waals surface area contributed by atoms with E-state index in [9.17, 15) is 4.79 Å². The average molecular weight is 437 g/mol. The number of hydrazone groups is 1. The van der Waals surface area contributed by atoms with E-state index in [-0.39, 0.29) is 5.91 Å². The molecule has 6 heteroatoms. The highest BCUT2D eigenvalue weighted by atomic mass is 16.5. The number of aromatic amines is 1. The van der Waals surface area contributed by atoms with E-state index >= 15 is 0 Å². The minimum absolute atomic E-state index is 0.310. The number of amides is 1. The molecule has 0 radical (unpaired) electrons. The quantitative estimate of drug-likeness (QED) is 0.284. The van der Waals surface area contributed by atoms with Crippen LogP contribution in [0.5, 0.6) is 5.75 Å². The van der Waals surface area contributed by atoms with Crippen molar-refractivity contribution in [3.8, 4) is 17.0 Å². The summed E-state index contributed by atoms with van der Waals surface area (Å²) < 4.78 is 6.00. The smallest absolute Gasteiger partial charge is 0.289 e. The van der Waals surface area contributed by atoms with E-state index in [1.165, 1.54) is 0 Å². The van der Waals surface area contributed by atoms with Gasteiger partial charge in [-0.3, -0.25) is 9.89 Å². The summed E-state index contributed by atoms with van der Waals surface area (Å²) in [5, 5.41) is 11.1. The molecule has 4 rings (SSSR count). The van der Waals surface area contributed by atoms with Crippen molar-refractivity contribution in [1.82, 2.24) is 15.6 Å². The summed E-state index contributed by atoms with van der Waals surface area (Å²) in [5.41, 5.74) is 7.31. The maximum atomic E-state index is 12.5. The molecule has 6 nitrogen and oxygen atoms in total. The monoisotopic (exact) mass is 436 g/mol. The second kappa shape index (κ2) is 10.7. The molecule has 0 saturated carbocycles. The Kier molecular flexibility index (Phi) is 7.08. The van der Waals surface area contributed by atoms with Crippen molar-refractivity contribution in [2.45, 2.75) is 13.5 Å². The van der Waals surface area contributed by atoms with E-state index in [0.29, 0.717) is 23.7 Å². The van der Waals surface area contributed by atoms with Gasteiger partial charge in [0.2, 0.25) is 0 Å². The number of rotatable bonds is 8. The van der Waals surface area contributed by atoms with Gasteiger partial charge in [-0.2, -0.15) is 10.2 Å². The van der Waals surface area contributed by atoms with E-state index in [1.54, 1.807) is 12.3 Å². The van der Waals surface area contributed by atoms with Crippen LogP contribution in [0.3, 0.4) is 0 Å². The molecule has 164 valence electrons. The van der Waals surface area contributed by atoms with Crippen LogP contribution in [0.15, 0.2) is 102 Å². The van der Waals surface area contributed by atoms with Gasteiger partial charge < -0.3 is 4.74 Å². The molecule has 3 aromatic carbocycles. The van der Waals surface area contributed by atoms with Gasteiger partial charge >= 0.3 is 0 Å². The largest absolute Gasteiger partial charge is 0.488 e. The van der Waals surface area contributed by atoms with Crippen molar-refractivity contribution in [3.05, 3.63) is 113 Å². The molecule has 4 aromatic rings. The van der Waals surface area contributed by atoms with E-state index in [4.69, 9.17) is 4.74 Å². The van der Waals surface area contributed by atoms with Gasteiger partial charge in [0.1, 0.15) is 18.1 Å². The zero-order valence-corrected chi connectivity index (χ0v) is 18.2. The van der Waals surface area contributed by atoms with Crippen LogP contribution in [0, 0.1) is 0 Å². The lowest BCUT2D eigenvalue weighted by Gasteiger charge is -2.10. The molecular weight excluding hydrogens is 412 g/mol. The predicted octanol–water partition coefficient (Wildman–Crippen LogP) is 5.47. The minimum atomic E-state index is -0.375. The zero-order valence-electron chi connectivity index (χ0n) is 18.2. The SMILES string of the molecule is CC(C=NNC(=O)c1cc(-c2ccccc2OCc2ccccc2)n[nH]1)=Cc1ccccc1. The number of H-pyrrole nitrogens is 1. The van der Waals surface area contributed by atoms with Crippen LogP contribution in [0.1, 0.15) is 28.5 Å². The minimum Gasteiger partial charge on any atom is -0.488 e. The van der Waals surface area contributed by atoms with Crippen LogP contribution in [-0.2, 0) is 6.61 Å². The lowest BCUT2D eigenvalue weighted by atomic mass is 10.1. The molecular formula is C27H24N4O2. The highest BCUT2D eigenvalue weighted by Crippen LogP contribution is 2.29. The Morgan fingerprint density at radius 1 is 1.00 bits per heavy atom. The Bertz CT molecular complexity index is 1260. The molecule has 0 fully saturated rings.